The Morgan fingerprint density at radius 2 is 1.98 bits per heavy atom. The molecule has 1 saturated heterocycles. The topological polar surface area (TPSA) is 196 Å². The van der Waals surface area contributed by atoms with E-state index in [4.69, 9.17) is 19.4 Å². The van der Waals surface area contributed by atoms with E-state index in [0.717, 1.165) is 11.3 Å². The van der Waals surface area contributed by atoms with E-state index in [1.165, 1.54) is 11.1 Å². The lowest BCUT2D eigenvalue weighted by molar-refractivity contribution is -0.140. The zero-order valence-corrected chi connectivity index (χ0v) is 25.7. The van der Waals surface area contributed by atoms with Crippen LogP contribution in [0.25, 0.3) is 11.2 Å². The number of carbonyl (C=O) groups is 1. The average Bonchev–Trinajstić information content (AvgIpc) is 3.86. The van der Waals surface area contributed by atoms with Gasteiger partial charge >= 0.3 is 0 Å². The molecule has 6 rings (SSSR count). The molecule has 1 aliphatic rings. The third kappa shape index (κ3) is 6.37. The van der Waals surface area contributed by atoms with Crippen LogP contribution in [0.2, 0.25) is 0 Å². The Bertz CT molecular complexity index is 1760. The molecule has 0 saturated carbocycles. The molecule has 0 aliphatic carbocycles. The minimum Gasteiger partial charge on any atom is -0.458 e. The number of aliphatic hydroxyl groups is 2. The molecule has 0 amide bonds. The summed E-state index contributed by atoms with van der Waals surface area (Å²) in [5.41, 5.74) is 2.72. The molecular formula is C29H36N12O5. The number of tetrazole rings is 1. The number of ether oxygens (including phenoxy) is 2. The van der Waals surface area contributed by atoms with Crippen molar-refractivity contribution in [1.29, 1.82) is 0 Å². The number of carbonyl (C=O) groups excluding carboxylic acids is 1. The van der Waals surface area contributed by atoms with Crippen LogP contribution in [0.15, 0.2) is 49.2 Å². The van der Waals surface area contributed by atoms with Crippen molar-refractivity contribution in [3.05, 3.63) is 66.3 Å². The number of aliphatic hydroxyl groups excluding tert-OH is 2. The van der Waals surface area contributed by atoms with Gasteiger partial charge < -0.3 is 34.5 Å². The quantitative estimate of drug-likeness (QED) is 0.116. The second kappa shape index (κ2) is 13.6. The van der Waals surface area contributed by atoms with E-state index in [9.17, 15) is 15.0 Å². The molecule has 3 N–H and O–H groups in total. The SMILES string of the molecule is CC(C)n1nnc([C@H]2O[C@@H](n3cnc4c(N(CO)CCc5ccccc5)nc(NCCc5cn(C)cn5)nc43)[C@H](O)[C@@H]2OC=O)n1. The molecule has 1 aliphatic heterocycles. The predicted octanol–water partition coefficient (Wildman–Crippen LogP) is 0.953. The fourth-order valence-corrected chi connectivity index (χ4v) is 5.31. The molecule has 0 bridgehead atoms. The van der Waals surface area contributed by atoms with Crippen molar-refractivity contribution in [3.8, 4) is 0 Å². The monoisotopic (exact) mass is 632 g/mol. The molecule has 5 heterocycles. The summed E-state index contributed by atoms with van der Waals surface area (Å²) in [6.07, 6.45) is 1.87. The molecule has 4 atom stereocenters. The van der Waals surface area contributed by atoms with Crippen molar-refractivity contribution < 1.29 is 24.5 Å². The zero-order chi connectivity index (χ0) is 32.2. The summed E-state index contributed by atoms with van der Waals surface area (Å²) in [4.78, 5) is 33.0. The zero-order valence-electron chi connectivity index (χ0n) is 25.7. The van der Waals surface area contributed by atoms with Gasteiger partial charge in [-0.1, -0.05) is 30.3 Å². The molecule has 1 fully saturated rings. The first kappa shape index (κ1) is 31.0. The van der Waals surface area contributed by atoms with Crippen LogP contribution in [-0.4, -0.2) is 98.0 Å². The van der Waals surface area contributed by atoms with Crippen LogP contribution in [0.3, 0.4) is 0 Å². The van der Waals surface area contributed by atoms with Crippen molar-refractivity contribution in [3.63, 3.8) is 0 Å². The van der Waals surface area contributed by atoms with Crippen LogP contribution >= 0.6 is 0 Å². The molecule has 0 spiro atoms. The van der Waals surface area contributed by atoms with Crippen LogP contribution in [-0.2, 0) is 34.2 Å². The highest BCUT2D eigenvalue weighted by molar-refractivity contribution is 5.85. The van der Waals surface area contributed by atoms with Gasteiger partial charge in [-0.3, -0.25) is 9.36 Å². The van der Waals surface area contributed by atoms with Gasteiger partial charge in [-0.05, 0) is 31.0 Å². The van der Waals surface area contributed by atoms with Crippen molar-refractivity contribution >= 4 is 29.4 Å². The molecule has 0 radical (unpaired) electrons. The lowest BCUT2D eigenvalue weighted by Crippen LogP contribution is -2.32. The first-order valence-corrected chi connectivity index (χ1v) is 14.9. The number of nitrogens with one attached hydrogen (secondary N) is 1. The summed E-state index contributed by atoms with van der Waals surface area (Å²) >= 11 is 0. The molecule has 46 heavy (non-hydrogen) atoms. The normalized spacial score (nSPS) is 19.6. The van der Waals surface area contributed by atoms with Crippen molar-refractivity contribution in [2.75, 3.05) is 30.0 Å². The number of hydrogen-bond donors (Lipinski definition) is 3. The maximum absolute atomic E-state index is 11.4. The van der Waals surface area contributed by atoms with Gasteiger partial charge in [0.1, 0.15) is 12.8 Å². The molecular weight excluding hydrogens is 596 g/mol. The highest BCUT2D eigenvalue weighted by Crippen LogP contribution is 2.40. The Hall–Kier alpha value is -5.00. The van der Waals surface area contributed by atoms with E-state index in [-0.39, 0.29) is 31.0 Å². The highest BCUT2D eigenvalue weighted by atomic mass is 16.6. The van der Waals surface area contributed by atoms with E-state index in [2.05, 4.69) is 30.7 Å². The number of aromatic nitrogens is 10. The van der Waals surface area contributed by atoms with Crippen LogP contribution in [0.1, 0.15) is 49.3 Å². The Morgan fingerprint density at radius 1 is 1.15 bits per heavy atom. The molecule has 0 unspecified atom stereocenters. The number of benzene rings is 1. The number of hydrogen-bond acceptors (Lipinski definition) is 14. The lowest BCUT2D eigenvalue weighted by atomic mass is 10.1. The Kier molecular flexibility index (Phi) is 9.13. The van der Waals surface area contributed by atoms with Gasteiger partial charge in [0, 0.05) is 32.8 Å². The maximum Gasteiger partial charge on any atom is 0.293 e. The summed E-state index contributed by atoms with van der Waals surface area (Å²) in [6, 6.07) is 9.86. The van der Waals surface area contributed by atoms with E-state index in [1.54, 1.807) is 15.8 Å². The Morgan fingerprint density at radius 3 is 2.67 bits per heavy atom. The van der Waals surface area contributed by atoms with Crippen molar-refractivity contribution in [2.24, 2.45) is 7.05 Å². The van der Waals surface area contributed by atoms with Gasteiger partial charge in [0.15, 0.2) is 35.4 Å². The first-order valence-electron chi connectivity index (χ1n) is 14.9. The second-order valence-corrected chi connectivity index (χ2v) is 11.2. The van der Waals surface area contributed by atoms with Crippen LogP contribution in [0.5, 0.6) is 0 Å². The van der Waals surface area contributed by atoms with Crippen LogP contribution in [0, 0.1) is 0 Å². The van der Waals surface area contributed by atoms with Gasteiger partial charge in [-0.15, -0.1) is 10.2 Å². The number of anilines is 2. The van der Waals surface area contributed by atoms with E-state index >= 15 is 0 Å². The predicted molar refractivity (Wildman–Crippen MR) is 163 cm³/mol. The van der Waals surface area contributed by atoms with Crippen molar-refractivity contribution in [2.45, 2.75) is 57.3 Å². The number of rotatable bonds is 14. The fourth-order valence-electron chi connectivity index (χ4n) is 5.31. The first-order chi connectivity index (χ1) is 22.4. The van der Waals surface area contributed by atoms with E-state index < -0.39 is 24.5 Å². The van der Waals surface area contributed by atoms with E-state index in [0.29, 0.717) is 42.9 Å². The van der Waals surface area contributed by atoms with E-state index in [1.807, 2.05) is 62.0 Å². The van der Waals surface area contributed by atoms with Crippen molar-refractivity contribution in [1.82, 2.24) is 49.3 Å². The van der Waals surface area contributed by atoms with Crippen LogP contribution in [0.4, 0.5) is 11.8 Å². The van der Waals surface area contributed by atoms with Gasteiger partial charge in [-0.2, -0.15) is 14.8 Å². The highest BCUT2D eigenvalue weighted by Gasteiger charge is 2.49. The fraction of sp³-hybridized carbons (Fsp3) is 0.448. The third-order valence-electron chi connectivity index (χ3n) is 7.67. The second-order valence-electron chi connectivity index (χ2n) is 11.2. The van der Waals surface area contributed by atoms with Gasteiger partial charge in [-0.25, -0.2) is 9.97 Å². The van der Waals surface area contributed by atoms with Gasteiger partial charge in [0.05, 0.1) is 24.4 Å². The summed E-state index contributed by atoms with van der Waals surface area (Å²) in [7, 11) is 1.91. The minimum atomic E-state index is -1.33. The molecule has 1 aromatic carbocycles. The molecule has 17 heteroatoms. The van der Waals surface area contributed by atoms with Gasteiger partial charge in [0.2, 0.25) is 11.8 Å². The smallest absolute Gasteiger partial charge is 0.293 e. The molecule has 242 valence electrons. The molecule has 4 aromatic heterocycles. The lowest BCUT2D eigenvalue weighted by Gasteiger charge is -2.22. The Balaban J connectivity index is 1.34. The number of imidazole rings is 2. The van der Waals surface area contributed by atoms with Crippen LogP contribution < -0.4 is 10.2 Å². The molecule has 17 nitrogen and oxygen atoms in total. The maximum atomic E-state index is 11.4. The summed E-state index contributed by atoms with van der Waals surface area (Å²) in [5.74, 6) is 0.837. The third-order valence-corrected chi connectivity index (χ3v) is 7.67. The van der Waals surface area contributed by atoms with Gasteiger partial charge in [0.25, 0.3) is 6.47 Å². The summed E-state index contributed by atoms with van der Waals surface area (Å²) < 4.78 is 14.9. The largest absolute Gasteiger partial charge is 0.458 e. The standard InChI is InChI=1S/C29H36N12O5/c1-18(2)41-36-25(35-37-41)24-23(45-17-43)22(44)28(46-24)40-15-32-21-26(39(16-42)12-10-19-7-5-4-6-8-19)33-29(34-27(21)40)30-11-9-20-13-38(3)14-31-20/h4-8,13-15,17-18,22-24,28,42,44H,9-12,16H2,1-3H3,(H,30,33,34)/t22-,23+,24+,28-/m1/s1. The summed E-state index contributed by atoms with van der Waals surface area (Å²) in [5, 5.41) is 37.6. The molecule has 5 aromatic rings. The minimum absolute atomic E-state index is 0.0681. The number of fused-ring (bicyclic) bond motifs is 1. The summed E-state index contributed by atoms with van der Waals surface area (Å²) in [6.45, 7) is 4.65. The number of aryl methyl sites for hydroxylation is 1. The number of nitrogens with zero attached hydrogens (tertiary/aromatic N) is 11. The average molecular weight is 633 g/mol. The Labute approximate surface area is 263 Å².